The van der Waals surface area contributed by atoms with E-state index < -0.39 is 42.0 Å². The van der Waals surface area contributed by atoms with Crippen molar-refractivity contribution < 1.29 is 23.5 Å². The molecule has 2 aliphatic rings. The number of hydrogen-bond acceptors (Lipinski definition) is 7. The minimum atomic E-state index is -2.79. The Labute approximate surface area is 238 Å². The number of pyridine rings is 1. The third kappa shape index (κ3) is 6.63. The highest BCUT2D eigenvalue weighted by Crippen LogP contribution is 2.36. The molecule has 3 atom stereocenters. The lowest BCUT2D eigenvalue weighted by Crippen LogP contribution is -2.52. The van der Waals surface area contributed by atoms with Crippen LogP contribution in [0.15, 0.2) is 42.7 Å². The molecule has 216 valence electrons. The van der Waals surface area contributed by atoms with Gasteiger partial charge in [0, 0.05) is 48.9 Å². The summed E-state index contributed by atoms with van der Waals surface area (Å²) in [5.41, 5.74) is 1.39. The summed E-state index contributed by atoms with van der Waals surface area (Å²) >= 11 is 0. The molecule has 2 amide bonds. The molecule has 2 heterocycles. The molecule has 0 spiro atoms. The Balaban J connectivity index is 1.83. The average molecular weight is 565 g/mol. The van der Waals surface area contributed by atoms with Crippen LogP contribution in [0.25, 0.3) is 0 Å². The van der Waals surface area contributed by atoms with Crippen molar-refractivity contribution >= 4 is 17.5 Å². The smallest absolute Gasteiger partial charge is 0.251 e. The molecule has 2 fully saturated rings. The number of carbonyl (C=O) groups is 2. The molecule has 2 aromatic rings. The fourth-order valence-electron chi connectivity index (χ4n) is 5.43. The summed E-state index contributed by atoms with van der Waals surface area (Å²) in [6.07, 6.45) is 3.15. The number of aliphatic hydroxyl groups excluding tert-OH is 1. The Morgan fingerprint density at radius 2 is 1.83 bits per heavy atom. The van der Waals surface area contributed by atoms with Crippen molar-refractivity contribution in [2.45, 2.75) is 88.4 Å². The largest absolute Gasteiger partial charge is 0.391 e. The molecule has 0 bridgehead atoms. The van der Waals surface area contributed by atoms with E-state index in [0.29, 0.717) is 5.69 Å². The molecular weight excluding hydrogens is 530 g/mol. The summed E-state index contributed by atoms with van der Waals surface area (Å²) in [6.45, 7) is 6.07. The van der Waals surface area contributed by atoms with E-state index in [4.69, 9.17) is 0 Å². The Morgan fingerprint density at radius 1 is 1.17 bits per heavy atom. The van der Waals surface area contributed by atoms with Crippen LogP contribution in [0, 0.1) is 22.8 Å². The van der Waals surface area contributed by atoms with Gasteiger partial charge in [-0.1, -0.05) is 32.9 Å². The molecule has 9 nitrogen and oxygen atoms in total. The van der Waals surface area contributed by atoms with E-state index in [-0.39, 0.29) is 55.2 Å². The van der Waals surface area contributed by atoms with Crippen LogP contribution in [0.5, 0.6) is 0 Å². The number of amides is 2. The highest BCUT2D eigenvalue weighted by atomic mass is 19.3. The van der Waals surface area contributed by atoms with Gasteiger partial charge >= 0.3 is 0 Å². The summed E-state index contributed by atoms with van der Waals surface area (Å²) < 4.78 is 27.6. The van der Waals surface area contributed by atoms with Crippen LogP contribution >= 0.6 is 0 Å². The summed E-state index contributed by atoms with van der Waals surface area (Å²) in [6, 6.07) is 7.58. The number of rotatable bonds is 6. The molecule has 1 saturated heterocycles. The van der Waals surface area contributed by atoms with E-state index in [0.717, 1.165) is 5.56 Å². The third-order valence-corrected chi connectivity index (χ3v) is 7.78. The summed E-state index contributed by atoms with van der Waals surface area (Å²) in [7, 11) is 0. The second kappa shape index (κ2) is 11.8. The Morgan fingerprint density at radius 3 is 2.41 bits per heavy atom. The van der Waals surface area contributed by atoms with Crippen LogP contribution in [-0.2, 0) is 15.0 Å². The SMILES string of the molecule is CC(C)(C)c1ccc(N(C(=O)[C@H]2C[C@@H](O)CN2C#N)C(C(=O)NC2CCC(F)(F)CC2)c2cnccc2C#N)cc1. The standard InChI is InChI=1S/C30H34F2N6O3/c1-29(2,3)20-4-6-22(7-5-20)38(28(41)25-14-23(39)17-37(25)18-34)26(24-16-35-13-10-19(24)15-33)27(40)36-21-8-11-30(31,32)12-9-21/h4-7,10,13,16,21,23,25-26,39H,8-9,11-12,14,17H2,1-3H3,(H,36,40)/t23-,25-,26?/m1/s1. The summed E-state index contributed by atoms with van der Waals surface area (Å²) in [5.74, 6) is -4.06. The number of β-amino-alcohol motifs (C(OH)–C–C–N with tert-alkyl or cyclic N) is 1. The maximum Gasteiger partial charge on any atom is 0.251 e. The minimum Gasteiger partial charge on any atom is -0.391 e. The van der Waals surface area contributed by atoms with E-state index >= 15 is 0 Å². The van der Waals surface area contributed by atoms with Gasteiger partial charge in [-0.15, -0.1) is 0 Å². The number of alkyl halides is 2. The second-order valence-electron chi connectivity index (χ2n) is 11.8. The van der Waals surface area contributed by atoms with Gasteiger partial charge in [0.2, 0.25) is 11.8 Å². The van der Waals surface area contributed by atoms with Crippen LogP contribution in [0.4, 0.5) is 14.5 Å². The molecule has 1 aromatic heterocycles. The van der Waals surface area contributed by atoms with Gasteiger partial charge in [-0.25, -0.2) is 8.78 Å². The molecular formula is C30H34F2N6O3. The van der Waals surface area contributed by atoms with Crippen LogP contribution in [0.1, 0.15) is 75.6 Å². The van der Waals surface area contributed by atoms with Crippen molar-refractivity contribution in [1.29, 1.82) is 10.5 Å². The van der Waals surface area contributed by atoms with Gasteiger partial charge in [0.15, 0.2) is 6.19 Å². The molecule has 0 radical (unpaired) electrons. The normalized spacial score (nSPS) is 21.4. The molecule has 4 rings (SSSR count). The van der Waals surface area contributed by atoms with Crippen molar-refractivity contribution in [2.24, 2.45) is 0 Å². The van der Waals surface area contributed by atoms with E-state index in [2.05, 4.69) is 16.4 Å². The quantitative estimate of drug-likeness (QED) is 0.508. The Kier molecular flexibility index (Phi) is 8.60. The van der Waals surface area contributed by atoms with Gasteiger partial charge in [-0.3, -0.25) is 24.4 Å². The first-order valence-electron chi connectivity index (χ1n) is 13.6. The molecule has 1 saturated carbocycles. The number of nitriles is 2. The van der Waals surface area contributed by atoms with Crippen molar-refractivity contribution in [3.05, 3.63) is 59.4 Å². The van der Waals surface area contributed by atoms with Crippen LogP contribution < -0.4 is 10.2 Å². The maximum absolute atomic E-state index is 14.3. The highest BCUT2D eigenvalue weighted by molar-refractivity contribution is 6.04. The zero-order valence-electron chi connectivity index (χ0n) is 23.3. The number of anilines is 1. The number of likely N-dealkylation sites (tertiary alicyclic amines) is 1. The van der Waals surface area contributed by atoms with Gasteiger partial charge in [0.1, 0.15) is 12.1 Å². The number of aromatic nitrogens is 1. The number of benzene rings is 1. The number of carbonyl (C=O) groups excluding carboxylic acids is 2. The van der Waals surface area contributed by atoms with Crippen LogP contribution in [-0.4, -0.2) is 57.5 Å². The zero-order chi connectivity index (χ0) is 29.9. The monoisotopic (exact) mass is 564 g/mol. The molecule has 11 heteroatoms. The summed E-state index contributed by atoms with van der Waals surface area (Å²) in [5, 5.41) is 32.7. The van der Waals surface area contributed by atoms with Crippen molar-refractivity contribution in [2.75, 3.05) is 11.4 Å². The van der Waals surface area contributed by atoms with Gasteiger partial charge in [-0.2, -0.15) is 10.5 Å². The first kappa shape index (κ1) is 29.9. The molecule has 1 aromatic carbocycles. The van der Waals surface area contributed by atoms with Crippen molar-refractivity contribution in [1.82, 2.24) is 15.2 Å². The van der Waals surface area contributed by atoms with Gasteiger partial charge < -0.3 is 10.4 Å². The van der Waals surface area contributed by atoms with E-state index in [9.17, 15) is 34.0 Å². The van der Waals surface area contributed by atoms with Gasteiger partial charge in [-0.05, 0) is 42.0 Å². The average Bonchev–Trinajstić information content (AvgIpc) is 3.32. The fraction of sp³-hybridized carbons (Fsp3) is 0.500. The molecule has 1 aliphatic carbocycles. The molecule has 2 N–H and O–H groups in total. The van der Waals surface area contributed by atoms with Crippen molar-refractivity contribution in [3.63, 3.8) is 0 Å². The zero-order valence-corrected chi connectivity index (χ0v) is 23.3. The highest BCUT2D eigenvalue weighted by Gasteiger charge is 2.44. The van der Waals surface area contributed by atoms with Crippen molar-refractivity contribution in [3.8, 4) is 12.3 Å². The van der Waals surface area contributed by atoms with E-state index in [1.54, 1.807) is 12.1 Å². The lowest BCUT2D eigenvalue weighted by molar-refractivity contribution is -0.129. The van der Waals surface area contributed by atoms with Gasteiger partial charge in [0.25, 0.3) is 5.91 Å². The number of nitrogens with zero attached hydrogens (tertiary/aromatic N) is 5. The third-order valence-electron chi connectivity index (χ3n) is 7.78. The minimum absolute atomic E-state index is 0.0207. The number of halogens is 2. The van der Waals surface area contributed by atoms with Crippen LogP contribution in [0.3, 0.4) is 0 Å². The second-order valence-corrected chi connectivity index (χ2v) is 11.8. The topological polar surface area (TPSA) is 133 Å². The lowest BCUT2D eigenvalue weighted by atomic mass is 9.87. The van der Waals surface area contributed by atoms with E-state index in [1.165, 1.54) is 28.3 Å². The first-order chi connectivity index (χ1) is 19.3. The lowest BCUT2D eigenvalue weighted by Gasteiger charge is -2.36. The first-order valence-corrected chi connectivity index (χ1v) is 13.6. The molecule has 1 aliphatic heterocycles. The van der Waals surface area contributed by atoms with Gasteiger partial charge in [0.05, 0.1) is 24.3 Å². The summed E-state index contributed by atoms with van der Waals surface area (Å²) in [4.78, 5) is 34.9. The Bertz CT molecular complexity index is 1350. The maximum atomic E-state index is 14.3. The van der Waals surface area contributed by atoms with E-state index in [1.807, 2.05) is 39.1 Å². The van der Waals surface area contributed by atoms with Crippen LogP contribution in [0.2, 0.25) is 0 Å². The predicted octanol–water partition coefficient (Wildman–Crippen LogP) is 3.94. The number of nitrogens with one attached hydrogen (secondary N) is 1. The number of hydrogen-bond donors (Lipinski definition) is 2. The Hall–Kier alpha value is -4.09. The number of aliphatic hydroxyl groups is 1. The molecule has 1 unspecified atom stereocenters. The molecule has 41 heavy (non-hydrogen) atoms. The fourth-order valence-corrected chi connectivity index (χ4v) is 5.43. The predicted molar refractivity (Wildman–Crippen MR) is 146 cm³/mol.